The first-order valence-electron chi connectivity index (χ1n) is 6.13. The van der Waals surface area contributed by atoms with E-state index in [1.54, 1.807) is 0 Å². The molecule has 96 valence electrons. The Morgan fingerprint density at radius 2 is 1.88 bits per heavy atom. The summed E-state index contributed by atoms with van der Waals surface area (Å²) in [5, 5.41) is 6.52. The van der Waals surface area contributed by atoms with Gasteiger partial charge in [0, 0.05) is 18.2 Å². The Balaban J connectivity index is 2.83. The standard InChI is InChI=1S/C12H23N5/c1-5-7-12(3,4)17-10-8-9(14-6-2)15-11(13)16-10/h8H,5-7H2,1-4H3,(H4,13,14,15,16,17). The molecule has 0 unspecified atom stereocenters. The van der Waals surface area contributed by atoms with Gasteiger partial charge < -0.3 is 16.4 Å². The monoisotopic (exact) mass is 237 g/mol. The van der Waals surface area contributed by atoms with Crippen LogP contribution in [0.2, 0.25) is 0 Å². The van der Waals surface area contributed by atoms with Crippen molar-refractivity contribution in [1.82, 2.24) is 9.97 Å². The molecule has 1 rings (SSSR count). The number of rotatable bonds is 6. The molecule has 0 spiro atoms. The van der Waals surface area contributed by atoms with Gasteiger partial charge in [0.25, 0.3) is 0 Å². The van der Waals surface area contributed by atoms with E-state index in [2.05, 4.69) is 41.4 Å². The summed E-state index contributed by atoms with van der Waals surface area (Å²) in [6.07, 6.45) is 2.20. The molecule has 0 aromatic carbocycles. The van der Waals surface area contributed by atoms with Gasteiger partial charge in [-0.25, -0.2) is 0 Å². The molecule has 0 aliphatic rings. The Labute approximate surface area is 103 Å². The highest BCUT2D eigenvalue weighted by molar-refractivity contribution is 5.51. The fourth-order valence-corrected chi connectivity index (χ4v) is 1.84. The maximum absolute atomic E-state index is 5.68. The van der Waals surface area contributed by atoms with Crippen molar-refractivity contribution in [2.24, 2.45) is 0 Å². The molecule has 17 heavy (non-hydrogen) atoms. The van der Waals surface area contributed by atoms with E-state index in [1.807, 2.05) is 13.0 Å². The Kier molecular flexibility index (Phi) is 4.54. The molecule has 0 atom stereocenters. The van der Waals surface area contributed by atoms with E-state index in [0.717, 1.165) is 31.0 Å². The van der Waals surface area contributed by atoms with E-state index in [0.29, 0.717) is 5.95 Å². The second-order valence-corrected chi connectivity index (χ2v) is 4.79. The number of nitrogens with two attached hydrogens (primary N) is 1. The van der Waals surface area contributed by atoms with E-state index >= 15 is 0 Å². The van der Waals surface area contributed by atoms with Crippen molar-refractivity contribution in [3.8, 4) is 0 Å². The third-order valence-corrected chi connectivity index (χ3v) is 2.44. The molecule has 1 aromatic heterocycles. The van der Waals surface area contributed by atoms with Crippen LogP contribution in [-0.2, 0) is 0 Å². The molecule has 1 aromatic rings. The first-order chi connectivity index (χ1) is 7.96. The van der Waals surface area contributed by atoms with Crippen molar-refractivity contribution < 1.29 is 0 Å². The third-order valence-electron chi connectivity index (χ3n) is 2.44. The zero-order chi connectivity index (χ0) is 12.9. The van der Waals surface area contributed by atoms with Crippen molar-refractivity contribution in [3.05, 3.63) is 6.07 Å². The lowest BCUT2D eigenvalue weighted by atomic mass is 9.99. The number of nitrogen functional groups attached to an aromatic ring is 1. The Morgan fingerprint density at radius 3 is 2.47 bits per heavy atom. The number of hydrogen-bond donors (Lipinski definition) is 3. The summed E-state index contributed by atoms with van der Waals surface area (Å²) in [6.45, 7) is 9.31. The lowest BCUT2D eigenvalue weighted by Gasteiger charge is -2.26. The average molecular weight is 237 g/mol. The average Bonchev–Trinajstić information content (AvgIpc) is 2.15. The van der Waals surface area contributed by atoms with Gasteiger partial charge in [0.15, 0.2) is 0 Å². The van der Waals surface area contributed by atoms with Gasteiger partial charge in [-0.2, -0.15) is 9.97 Å². The fourth-order valence-electron chi connectivity index (χ4n) is 1.84. The quantitative estimate of drug-likeness (QED) is 0.708. The molecular weight excluding hydrogens is 214 g/mol. The summed E-state index contributed by atoms with van der Waals surface area (Å²) >= 11 is 0. The van der Waals surface area contributed by atoms with Gasteiger partial charge in [0.1, 0.15) is 11.6 Å². The third kappa shape index (κ3) is 4.46. The Hall–Kier alpha value is -1.52. The van der Waals surface area contributed by atoms with E-state index < -0.39 is 0 Å². The van der Waals surface area contributed by atoms with Crippen LogP contribution in [0.4, 0.5) is 17.6 Å². The van der Waals surface area contributed by atoms with Crippen LogP contribution in [0, 0.1) is 0 Å². The van der Waals surface area contributed by atoms with Gasteiger partial charge in [-0.05, 0) is 27.2 Å². The zero-order valence-electron chi connectivity index (χ0n) is 11.2. The smallest absolute Gasteiger partial charge is 0.223 e. The summed E-state index contributed by atoms with van der Waals surface area (Å²) in [4.78, 5) is 8.31. The van der Waals surface area contributed by atoms with Gasteiger partial charge >= 0.3 is 0 Å². The van der Waals surface area contributed by atoms with Crippen LogP contribution >= 0.6 is 0 Å². The lowest BCUT2D eigenvalue weighted by Crippen LogP contribution is -2.31. The molecule has 5 heteroatoms. The molecule has 0 bridgehead atoms. The predicted molar refractivity (Wildman–Crippen MR) is 73.2 cm³/mol. The minimum Gasteiger partial charge on any atom is -0.370 e. The van der Waals surface area contributed by atoms with E-state index in [1.165, 1.54) is 0 Å². The Bertz CT molecular complexity index is 362. The number of anilines is 3. The number of nitrogens with one attached hydrogen (secondary N) is 2. The van der Waals surface area contributed by atoms with Crippen LogP contribution in [0.5, 0.6) is 0 Å². The van der Waals surface area contributed by atoms with Gasteiger partial charge in [0.05, 0.1) is 0 Å². The summed E-state index contributed by atoms with van der Waals surface area (Å²) < 4.78 is 0. The van der Waals surface area contributed by atoms with E-state index in [9.17, 15) is 0 Å². The highest BCUT2D eigenvalue weighted by atomic mass is 15.1. The van der Waals surface area contributed by atoms with Gasteiger partial charge in [-0.1, -0.05) is 13.3 Å². The summed E-state index contributed by atoms with van der Waals surface area (Å²) in [7, 11) is 0. The van der Waals surface area contributed by atoms with Crippen LogP contribution < -0.4 is 16.4 Å². The van der Waals surface area contributed by atoms with Crippen molar-refractivity contribution in [2.75, 3.05) is 22.9 Å². The molecule has 0 saturated carbocycles. The molecule has 0 amide bonds. The van der Waals surface area contributed by atoms with Crippen molar-refractivity contribution in [1.29, 1.82) is 0 Å². The minimum atomic E-state index is 0.0129. The van der Waals surface area contributed by atoms with Gasteiger partial charge in [0.2, 0.25) is 5.95 Å². The van der Waals surface area contributed by atoms with Crippen LogP contribution in [-0.4, -0.2) is 22.1 Å². The fraction of sp³-hybridized carbons (Fsp3) is 0.667. The molecule has 0 aliphatic carbocycles. The zero-order valence-corrected chi connectivity index (χ0v) is 11.2. The highest BCUT2D eigenvalue weighted by Crippen LogP contribution is 2.20. The molecule has 1 heterocycles. The number of aromatic nitrogens is 2. The number of hydrogen-bond acceptors (Lipinski definition) is 5. The van der Waals surface area contributed by atoms with Crippen molar-refractivity contribution in [3.63, 3.8) is 0 Å². The molecule has 4 N–H and O–H groups in total. The lowest BCUT2D eigenvalue weighted by molar-refractivity contribution is 0.509. The molecular formula is C12H23N5. The van der Waals surface area contributed by atoms with Crippen LogP contribution in [0.3, 0.4) is 0 Å². The van der Waals surface area contributed by atoms with Gasteiger partial charge in [-0.3, -0.25) is 0 Å². The minimum absolute atomic E-state index is 0.0129. The topological polar surface area (TPSA) is 75.9 Å². The molecule has 0 aliphatic heterocycles. The molecule has 0 radical (unpaired) electrons. The molecule has 5 nitrogen and oxygen atoms in total. The van der Waals surface area contributed by atoms with E-state index in [-0.39, 0.29) is 5.54 Å². The van der Waals surface area contributed by atoms with E-state index in [4.69, 9.17) is 5.73 Å². The normalized spacial score (nSPS) is 11.3. The second-order valence-electron chi connectivity index (χ2n) is 4.79. The Morgan fingerprint density at radius 1 is 1.24 bits per heavy atom. The largest absolute Gasteiger partial charge is 0.370 e. The van der Waals surface area contributed by atoms with Gasteiger partial charge in [-0.15, -0.1) is 0 Å². The van der Waals surface area contributed by atoms with Crippen molar-refractivity contribution >= 4 is 17.6 Å². The molecule has 0 fully saturated rings. The first-order valence-corrected chi connectivity index (χ1v) is 6.13. The summed E-state index contributed by atoms with van der Waals surface area (Å²) in [5.74, 6) is 1.82. The maximum atomic E-state index is 5.68. The summed E-state index contributed by atoms with van der Waals surface area (Å²) in [5.41, 5.74) is 5.69. The van der Waals surface area contributed by atoms with Crippen LogP contribution in [0.1, 0.15) is 40.5 Å². The maximum Gasteiger partial charge on any atom is 0.223 e. The molecule has 0 saturated heterocycles. The number of nitrogens with zero attached hydrogens (tertiary/aromatic N) is 2. The first kappa shape index (κ1) is 13.5. The SMILES string of the molecule is CCCC(C)(C)Nc1cc(NCC)nc(N)n1. The van der Waals surface area contributed by atoms with Crippen LogP contribution in [0.15, 0.2) is 6.07 Å². The van der Waals surface area contributed by atoms with Crippen molar-refractivity contribution in [2.45, 2.75) is 46.1 Å². The van der Waals surface area contributed by atoms with Crippen LogP contribution in [0.25, 0.3) is 0 Å². The highest BCUT2D eigenvalue weighted by Gasteiger charge is 2.17. The second kappa shape index (κ2) is 5.70. The predicted octanol–water partition coefficient (Wildman–Crippen LogP) is 2.48. The summed E-state index contributed by atoms with van der Waals surface area (Å²) in [6, 6.07) is 1.89.